The smallest absolute Gasteiger partial charge is 0.159 e. The van der Waals surface area contributed by atoms with Gasteiger partial charge in [0.25, 0.3) is 0 Å². The maximum Gasteiger partial charge on any atom is 0.159 e. The minimum Gasteiger partial charge on any atom is -0.390 e. The number of fused-ring (bicyclic) bond motifs is 4. The van der Waals surface area contributed by atoms with Gasteiger partial charge >= 0.3 is 0 Å². The molecule has 4 aliphatic rings. The van der Waals surface area contributed by atoms with Crippen molar-refractivity contribution in [2.45, 2.75) is 84.0 Å². The van der Waals surface area contributed by atoms with Gasteiger partial charge in [-0.25, -0.2) is 4.98 Å². The predicted octanol–water partition coefficient (Wildman–Crippen LogP) is 3.36. The van der Waals surface area contributed by atoms with E-state index in [1.807, 2.05) is 17.9 Å². The van der Waals surface area contributed by atoms with Crippen molar-refractivity contribution in [1.29, 1.82) is 0 Å². The maximum absolute atomic E-state index is 9.83. The van der Waals surface area contributed by atoms with Crippen LogP contribution >= 0.6 is 0 Å². The van der Waals surface area contributed by atoms with Gasteiger partial charge in [-0.1, -0.05) is 6.42 Å². The molecule has 8 heteroatoms. The van der Waals surface area contributed by atoms with Crippen molar-refractivity contribution >= 4 is 16.7 Å². The molecular weight excluding hydrogens is 450 g/mol. The number of rotatable bonds is 4. The van der Waals surface area contributed by atoms with Crippen LogP contribution in [0.5, 0.6) is 0 Å². The van der Waals surface area contributed by atoms with Crippen LogP contribution in [0.25, 0.3) is 11.0 Å². The topological polar surface area (TPSA) is 75.2 Å². The van der Waals surface area contributed by atoms with Crippen LogP contribution in [-0.2, 0) is 26.6 Å². The lowest BCUT2D eigenvalue weighted by molar-refractivity contribution is -0.0810. The molecule has 2 bridgehead atoms. The molecule has 7 rings (SSSR count). The van der Waals surface area contributed by atoms with Gasteiger partial charge in [0.15, 0.2) is 5.65 Å². The number of pyridine rings is 1. The van der Waals surface area contributed by atoms with Crippen LogP contribution in [0.2, 0.25) is 0 Å². The highest BCUT2D eigenvalue weighted by Crippen LogP contribution is 2.52. The van der Waals surface area contributed by atoms with E-state index < -0.39 is 0 Å². The summed E-state index contributed by atoms with van der Waals surface area (Å²) in [6.07, 6.45) is 10.9. The first-order valence-electron chi connectivity index (χ1n) is 13.9. The van der Waals surface area contributed by atoms with Gasteiger partial charge in [0.1, 0.15) is 0 Å². The minimum absolute atomic E-state index is 0.0938. The fourth-order valence-electron chi connectivity index (χ4n) is 8.00. The Hall–Kier alpha value is -2.45. The summed E-state index contributed by atoms with van der Waals surface area (Å²) < 4.78 is 4.29. The molecule has 0 radical (unpaired) electrons. The van der Waals surface area contributed by atoms with E-state index in [1.165, 1.54) is 61.2 Å². The molecule has 3 aromatic rings. The highest BCUT2D eigenvalue weighted by molar-refractivity contribution is 5.89. The van der Waals surface area contributed by atoms with Gasteiger partial charge in [0.05, 0.1) is 29.1 Å². The third-order valence-electron chi connectivity index (χ3n) is 9.82. The lowest BCUT2D eigenvalue weighted by Gasteiger charge is -2.54. The Morgan fingerprint density at radius 1 is 1.17 bits per heavy atom. The molecule has 1 saturated heterocycles. The first-order valence-corrected chi connectivity index (χ1v) is 13.9. The summed E-state index contributed by atoms with van der Waals surface area (Å²) in [5.41, 5.74) is 7.70. The van der Waals surface area contributed by atoms with E-state index in [2.05, 4.69) is 39.5 Å². The van der Waals surface area contributed by atoms with Crippen LogP contribution in [-0.4, -0.2) is 66.3 Å². The van der Waals surface area contributed by atoms with E-state index in [1.54, 1.807) is 0 Å². The SMILES string of the molecule is Cc1cc(N2CCc3c(c(C)nn3CC34CCCC(C3)C(N3CC(O)C3)CC4)C2)c2cnn(C)c2n1. The Bertz CT molecular complexity index is 1300. The lowest BCUT2D eigenvalue weighted by atomic mass is 9.59. The largest absolute Gasteiger partial charge is 0.390 e. The number of likely N-dealkylation sites (tertiary alicyclic amines) is 1. The number of anilines is 1. The van der Waals surface area contributed by atoms with Gasteiger partial charge in [-0.2, -0.15) is 10.2 Å². The van der Waals surface area contributed by atoms with E-state index in [4.69, 9.17) is 10.1 Å². The first-order chi connectivity index (χ1) is 17.4. The molecule has 0 amide bonds. The summed E-state index contributed by atoms with van der Waals surface area (Å²) in [6, 6.07) is 2.91. The quantitative estimate of drug-likeness (QED) is 0.606. The van der Waals surface area contributed by atoms with Crippen LogP contribution in [0.15, 0.2) is 12.3 Å². The van der Waals surface area contributed by atoms with Crippen LogP contribution in [0.1, 0.15) is 61.2 Å². The summed E-state index contributed by atoms with van der Waals surface area (Å²) in [5.74, 6) is 0.791. The molecular formula is C28H39N7O. The molecule has 3 aromatic heterocycles. The molecule has 8 nitrogen and oxygen atoms in total. The average Bonchev–Trinajstić information content (AvgIpc) is 3.36. The van der Waals surface area contributed by atoms with E-state index in [-0.39, 0.29) is 6.10 Å². The van der Waals surface area contributed by atoms with Crippen molar-refractivity contribution in [2.24, 2.45) is 18.4 Å². The van der Waals surface area contributed by atoms with E-state index in [0.29, 0.717) is 11.5 Å². The Kier molecular flexibility index (Phi) is 5.23. The fourth-order valence-corrected chi connectivity index (χ4v) is 8.00. The van der Waals surface area contributed by atoms with Crippen molar-refractivity contribution in [2.75, 3.05) is 24.5 Å². The molecule has 0 aromatic carbocycles. The molecule has 5 heterocycles. The maximum atomic E-state index is 9.83. The van der Waals surface area contributed by atoms with Gasteiger partial charge < -0.3 is 10.0 Å². The number of β-amino-alcohol motifs (C(OH)–C–C–N with tert-alkyl or cyclic N) is 1. The number of hydrogen-bond donors (Lipinski definition) is 1. The fraction of sp³-hybridized carbons (Fsp3) is 0.679. The van der Waals surface area contributed by atoms with E-state index in [0.717, 1.165) is 61.8 Å². The van der Waals surface area contributed by atoms with Crippen molar-refractivity contribution in [3.8, 4) is 0 Å². The number of nitrogens with zero attached hydrogens (tertiary/aromatic N) is 7. The normalized spacial score (nSPS) is 28.9. The van der Waals surface area contributed by atoms with Gasteiger partial charge in [-0.15, -0.1) is 0 Å². The molecule has 192 valence electrons. The van der Waals surface area contributed by atoms with Gasteiger partial charge in [0.2, 0.25) is 0 Å². The zero-order valence-electron chi connectivity index (χ0n) is 21.9. The van der Waals surface area contributed by atoms with Crippen molar-refractivity contribution in [3.63, 3.8) is 0 Å². The molecule has 2 aliphatic heterocycles. The van der Waals surface area contributed by atoms with Crippen LogP contribution in [0.4, 0.5) is 5.69 Å². The second kappa shape index (κ2) is 8.28. The number of aromatic nitrogens is 5. The van der Waals surface area contributed by atoms with E-state index in [9.17, 15) is 5.11 Å². The van der Waals surface area contributed by atoms with Gasteiger partial charge in [0, 0.05) is 69.2 Å². The second-order valence-electron chi connectivity index (χ2n) is 12.2. The molecule has 1 N–H and O–H groups in total. The average molecular weight is 490 g/mol. The summed E-state index contributed by atoms with van der Waals surface area (Å²) in [4.78, 5) is 9.78. The van der Waals surface area contributed by atoms with E-state index >= 15 is 0 Å². The highest BCUT2D eigenvalue weighted by Gasteiger charge is 2.47. The van der Waals surface area contributed by atoms with Crippen LogP contribution in [0.3, 0.4) is 0 Å². The number of aliphatic hydroxyl groups is 1. The molecule has 2 aliphatic carbocycles. The summed E-state index contributed by atoms with van der Waals surface area (Å²) in [5, 5.41) is 20.6. The molecule has 3 fully saturated rings. The third kappa shape index (κ3) is 3.59. The van der Waals surface area contributed by atoms with Crippen molar-refractivity contribution in [1.82, 2.24) is 29.4 Å². The molecule has 2 saturated carbocycles. The Morgan fingerprint density at radius 2 is 2.03 bits per heavy atom. The van der Waals surface area contributed by atoms with Crippen LogP contribution in [0, 0.1) is 25.2 Å². The molecule has 36 heavy (non-hydrogen) atoms. The summed E-state index contributed by atoms with van der Waals surface area (Å²) in [6.45, 7) is 9.03. The number of aliphatic hydroxyl groups excluding tert-OH is 1. The zero-order chi connectivity index (χ0) is 24.6. The van der Waals surface area contributed by atoms with Crippen molar-refractivity contribution in [3.05, 3.63) is 34.9 Å². The standard InChI is InChI=1S/C28H39N7O/c1-18-11-26(22-13-29-32(3)27(22)30-18)33-10-7-25-23(16-33)19(2)31-35(25)17-28-8-4-5-20(12-28)24(6-9-28)34-14-21(36)15-34/h11,13,20-21,24,36H,4-10,12,14-17H2,1-3H3. The Labute approximate surface area is 213 Å². The minimum atomic E-state index is -0.0938. The van der Waals surface area contributed by atoms with Gasteiger partial charge in [-0.05, 0) is 63.4 Å². The summed E-state index contributed by atoms with van der Waals surface area (Å²) >= 11 is 0. The third-order valence-corrected chi connectivity index (χ3v) is 9.82. The predicted molar refractivity (Wildman–Crippen MR) is 140 cm³/mol. The number of hydrogen-bond acceptors (Lipinski definition) is 6. The van der Waals surface area contributed by atoms with Crippen molar-refractivity contribution < 1.29 is 5.11 Å². The highest BCUT2D eigenvalue weighted by atomic mass is 16.3. The Morgan fingerprint density at radius 3 is 2.86 bits per heavy atom. The van der Waals surface area contributed by atoms with Gasteiger partial charge in [-0.3, -0.25) is 14.3 Å². The molecule has 0 spiro atoms. The molecule has 3 unspecified atom stereocenters. The zero-order valence-corrected chi connectivity index (χ0v) is 21.9. The summed E-state index contributed by atoms with van der Waals surface area (Å²) in [7, 11) is 1.97. The lowest BCUT2D eigenvalue weighted by Crippen LogP contribution is -2.60. The number of aryl methyl sites for hydroxylation is 3. The Balaban J connectivity index is 1.13. The first kappa shape index (κ1) is 22.7. The van der Waals surface area contributed by atoms with Crippen LogP contribution < -0.4 is 4.90 Å². The molecule has 3 atom stereocenters. The monoisotopic (exact) mass is 489 g/mol. The second-order valence-corrected chi connectivity index (χ2v) is 12.2.